The Balaban J connectivity index is 1.77. The first kappa shape index (κ1) is 25.0. The molecular weight excluding hydrogens is 454 g/mol. The molecule has 0 bridgehead atoms. The molecule has 0 aromatic heterocycles. The minimum Gasteiger partial charge on any atom is -0.497 e. The maximum absolute atomic E-state index is 13.2. The zero-order valence-electron chi connectivity index (χ0n) is 19.2. The van der Waals surface area contributed by atoms with Gasteiger partial charge in [-0.15, -0.1) is 0 Å². The van der Waals surface area contributed by atoms with Crippen molar-refractivity contribution in [1.82, 2.24) is 5.32 Å². The molecule has 10 heteroatoms. The van der Waals surface area contributed by atoms with Gasteiger partial charge in [-0.1, -0.05) is 42.5 Å². The van der Waals surface area contributed by atoms with Gasteiger partial charge in [-0.2, -0.15) is 0 Å². The summed E-state index contributed by atoms with van der Waals surface area (Å²) in [5.41, 5.74) is 1.67. The minimum atomic E-state index is -1.05. The zero-order chi connectivity index (χ0) is 25.2. The molecule has 0 unspecified atom stereocenters. The first-order chi connectivity index (χ1) is 16.9. The van der Waals surface area contributed by atoms with E-state index in [1.165, 1.54) is 38.5 Å². The van der Waals surface area contributed by atoms with Crippen molar-refractivity contribution in [3.8, 4) is 11.5 Å². The fourth-order valence-electron chi connectivity index (χ4n) is 3.24. The van der Waals surface area contributed by atoms with E-state index in [2.05, 4.69) is 10.6 Å². The SMILES string of the molecule is COc1ccc(OC)c(NC(=O)[C@H](Cc2ccc([N+](=O)[O-])cc2)NC(=O)OCc2ccccc2)c1. The van der Waals surface area contributed by atoms with Gasteiger partial charge in [0.15, 0.2) is 0 Å². The molecule has 10 nitrogen and oxygen atoms in total. The summed E-state index contributed by atoms with van der Waals surface area (Å²) in [5, 5.41) is 16.3. The second-order valence-electron chi connectivity index (χ2n) is 7.44. The van der Waals surface area contributed by atoms with Crippen LogP contribution >= 0.6 is 0 Å². The maximum atomic E-state index is 13.2. The number of non-ortho nitro benzene ring substituents is 1. The van der Waals surface area contributed by atoms with E-state index in [4.69, 9.17) is 14.2 Å². The largest absolute Gasteiger partial charge is 0.497 e. The van der Waals surface area contributed by atoms with Crippen LogP contribution in [0.4, 0.5) is 16.2 Å². The van der Waals surface area contributed by atoms with Gasteiger partial charge in [-0.05, 0) is 23.3 Å². The summed E-state index contributed by atoms with van der Waals surface area (Å²) in [6.07, 6.45) is -0.718. The number of nitrogens with zero attached hydrogens (tertiary/aromatic N) is 1. The number of rotatable bonds is 10. The van der Waals surface area contributed by atoms with Crippen LogP contribution < -0.4 is 20.1 Å². The lowest BCUT2D eigenvalue weighted by Crippen LogP contribution is -2.45. The van der Waals surface area contributed by atoms with Crippen molar-refractivity contribution in [3.63, 3.8) is 0 Å². The van der Waals surface area contributed by atoms with Gasteiger partial charge in [-0.3, -0.25) is 14.9 Å². The van der Waals surface area contributed by atoms with Crippen LogP contribution in [-0.2, 0) is 22.6 Å². The fourth-order valence-corrected chi connectivity index (χ4v) is 3.24. The van der Waals surface area contributed by atoms with Crippen molar-refractivity contribution >= 4 is 23.4 Å². The third-order valence-corrected chi connectivity index (χ3v) is 5.07. The van der Waals surface area contributed by atoms with Gasteiger partial charge in [0, 0.05) is 24.6 Å². The topological polar surface area (TPSA) is 129 Å². The Morgan fingerprint density at radius 1 is 0.943 bits per heavy atom. The highest BCUT2D eigenvalue weighted by atomic mass is 16.6. The molecule has 0 saturated heterocycles. The fraction of sp³-hybridized carbons (Fsp3) is 0.200. The van der Waals surface area contributed by atoms with Gasteiger partial charge < -0.3 is 24.8 Å². The van der Waals surface area contributed by atoms with Crippen LogP contribution in [0.3, 0.4) is 0 Å². The summed E-state index contributed by atoms with van der Waals surface area (Å²) in [4.78, 5) is 36.1. The molecule has 0 aliphatic carbocycles. The molecule has 3 aromatic carbocycles. The number of hydrogen-bond donors (Lipinski definition) is 2. The Hall–Kier alpha value is -4.60. The number of anilines is 1. The molecule has 2 N–H and O–H groups in total. The number of nitrogens with one attached hydrogen (secondary N) is 2. The van der Waals surface area contributed by atoms with E-state index in [-0.39, 0.29) is 18.7 Å². The van der Waals surface area contributed by atoms with Crippen LogP contribution in [0.5, 0.6) is 11.5 Å². The summed E-state index contributed by atoms with van der Waals surface area (Å²) in [6, 6.07) is 18.7. The molecule has 0 saturated carbocycles. The highest BCUT2D eigenvalue weighted by molar-refractivity contribution is 5.98. The lowest BCUT2D eigenvalue weighted by molar-refractivity contribution is -0.384. The monoisotopic (exact) mass is 479 g/mol. The molecule has 182 valence electrons. The van der Waals surface area contributed by atoms with Crippen LogP contribution in [0, 0.1) is 10.1 Å². The van der Waals surface area contributed by atoms with Crippen molar-refractivity contribution < 1.29 is 28.7 Å². The molecule has 35 heavy (non-hydrogen) atoms. The molecule has 2 amide bonds. The summed E-state index contributed by atoms with van der Waals surface area (Å²) < 4.78 is 15.8. The Labute approximate surface area is 202 Å². The number of ether oxygens (including phenoxy) is 3. The number of benzene rings is 3. The minimum absolute atomic E-state index is 0.0300. The van der Waals surface area contributed by atoms with Gasteiger partial charge in [-0.25, -0.2) is 4.79 Å². The highest BCUT2D eigenvalue weighted by Crippen LogP contribution is 2.29. The highest BCUT2D eigenvalue weighted by Gasteiger charge is 2.24. The molecule has 0 fully saturated rings. The maximum Gasteiger partial charge on any atom is 0.408 e. The van der Waals surface area contributed by atoms with Gasteiger partial charge >= 0.3 is 6.09 Å². The number of methoxy groups -OCH3 is 2. The smallest absolute Gasteiger partial charge is 0.408 e. The second-order valence-corrected chi connectivity index (χ2v) is 7.44. The molecule has 1 atom stereocenters. The second kappa shape index (κ2) is 12.0. The van der Waals surface area contributed by atoms with E-state index < -0.39 is 23.0 Å². The van der Waals surface area contributed by atoms with Gasteiger partial charge in [0.1, 0.15) is 24.1 Å². The Morgan fingerprint density at radius 2 is 1.66 bits per heavy atom. The Morgan fingerprint density at radius 3 is 2.29 bits per heavy atom. The van der Waals surface area contributed by atoms with Crippen LogP contribution in [0.15, 0.2) is 72.8 Å². The molecule has 3 rings (SSSR count). The van der Waals surface area contributed by atoms with Crippen molar-refractivity contribution in [2.45, 2.75) is 19.1 Å². The van der Waals surface area contributed by atoms with E-state index in [0.717, 1.165) is 5.56 Å². The summed E-state index contributed by atoms with van der Waals surface area (Å²) in [5.74, 6) is 0.370. The Kier molecular flexibility index (Phi) is 8.60. The quantitative estimate of drug-likeness (QED) is 0.331. The first-order valence-corrected chi connectivity index (χ1v) is 10.6. The van der Waals surface area contributed by atoms with Crippen molar-refractivity contribution in [3.05, 3.63) is 94.0 Å². The van der Waals surface area contributed by atoms with Crippen LogP contribution in [0.25, 0.3) is 0 Å². The zero-order valence-corrected chi connectivity index (χ0v) is 19.2. The normalized spacial score (nSPS) is 11.1. The molecule has 0 heterocycles. The van der Waals surface area contributed by atoms with E-state index in [1.54, 1.807) is 18.2 Å². The number of alkyl carbamates (subject to hydrolysis) is 1. The number of amides is 2. The predicted molar refractivity (Wildman–Crippen MR) is 129 cm³/mol. The molecule has 3 aromatic rings. The molecule has 0 radical (unpaired) electrons. The number of nitro groups is 1. The van der Waals surface area contributed by atoms with Crippen LogP contribution in [0.1, 0.15) is 11.1 Å². The lowest BCUT2D eigenvalue weighted by Gasteiger charge is -2.20. The summed E-state index contributed by atoms with van der Waals surface area (Å²) >= 11 is 0. The van der Waals surface area contributed by atoms with E-state index in [9.17, 15) is 19.7 Å². The van der Waals surface area contributed by atoms with Crippen LogP contribution in [0.2, 0.25) is 0 Å². The van der Waals surface area contributed by atoms with Gasteiger partial charge in [0.2, 0.25) is 5.91 Å². The van der Waals surface area contributed by atoms with E-state index in [0.29, 0.717) is 22.7 Å². The number of hydrogen-bond acceptors (Lipinski definition) is 7. The average Bonchev–Trinajstić information content (AvgIpc) is 2.88. The third kappa shape index (κ3) is 7.19. The number of carbonyl (C=O) groups is 2. The van der Waals surface area contributed by atoms with Crippen molar-refractivity contribution in [2.24, 2.45) is 0 Å². The van der Waals surface area contributed by atoms with E-state index in [1.807, 2.05) is 30.3 Å². The third-order valence-electron chi connectivity index (χ3n) is 5.07. The lowest BCUT2D eigenvalue weighted by atomic mass is 10.0. The van der Waals surface area contributed by atoms with E-state index >= 15 is 0 Å². The molecule has 0 aliphatic heterocycles. The number of carbonyl (C=O) groups excluding carboxylic acids is 2. The molecular formula is C25H25N3O7. The number of nitro benzene ring substituents is 1. The standard InChI is InChI=1S/C25H25N3O7/c1-33-20-12-13-23(34-2)21(15-20)26-24(29)22(14-17-8-10-19(11-9-17)28(31)32)27-25(30)35-16-18-6-4-3-5-7-18/h3-13,15,22H,14,16H2,1-2H3,(H,26,29)(H,27,30)/t22-/m0/s1. The van der Waals surface area contributed by atoms with Crippen LogP contribution in [-0.4, -0.2) is 37.2 Å². The van der Waals surface area contributed by atoms with Gasteiger partial charge in [0.25, 0.3) is 5.69 Å². The predicted octanol–water partition coefficient (Wildman–Crippen LogP) is 4.09. The van der Waals surface area contributed by atoms with Crippen molar-refractivity contribution in [1.29, 1.82) is 0 Å². The van der Waals surface area contributed by atoms with Gasteiger partial charge in [0.05, 0.1) is 24.8 Å². The first-order valence-electron chi connectivity index (χ1n) is 10.6. The molecule has 0 aliphatic rings. The summed E-state index contributed by atoms with van der Waals surface area (Å²) in [7, 11) is 2.96. The van der Waals surface area contributed by atoms with Crippen molar-refractivity contribution in [2.75, 3.05) is 19.5 Å². The summed E-state index contributed by atoms with van der Waals surface area (Å²) in [6.45, 7) is 0.0300. The molecule has 0 spiro atoms. The average molecular weight is 479 g/mol. The Bertz CT molecular complexity index is 1170.